The van der Waals surface area contributed by atoms with Crippen molar-refractivity contribution in [3.8, 4) is 0 Å². The average molecular weight is 275 g/mol. The van der Waals surface area contributed by atoms with E-state index in [2.05, 4.69) is 10.2 Å². The van der Waals surface area contributed by atoms with E-state index in [1.807, 2.05) is 19.2 Å². The maximum absolute atomic E-state index is 10.9. The quantitative estimate of drug-likeness (QED) is 0.648. The summed E-state index contributed by atoms with van der Waals surface area (Å²) in [6.45, 7) is 1.47. The number of benzene rings is 1. The third-order valence-corrected chi connectivity index (χ3v) is 3.01. The highest BCUT2D eigenvalue weighted by molar-refractivity contribution is 5.62. The molecule has 1 heterocycles. The van der Waals surface area contributed by atoms with Crippen LogP contribution in [0.2, 0.25) is 0 Å². The maximum atomic E-state index is 10.9. The summed E-state index contributed by atoms with van der Waals surface area (Å²) in [5.41, 5.74) is 2.74. The van der Waals surface area contributed by atoms with E-state index >= 15 is 0 Å². The van der Waals surface area contributed by atoms with Crippen molar-refractivity contribution in [1.82, 2.24) is 4.90 Å². The lowest BCUT2D eigenvalue weighted by Crippen LogP contribution is -2.17. The van der Waals surface area contributed by atoms with Crippen LogP contribution in [0.1, 0.15) is 11.1 Å². The monoisotopic (exact) mass is 275 g/mol. The Balaban J connectivity index is 2.07. The van der Waals surface area contributed by atoms with E-state index < -0.39 is 0 Å². The van der Waals surface area contributed by atoms with Gasteiger partial charge in [0.25, 0.3) is 5.69 Å². The first-order valence-corrected chi connectivity index (χ1v) is 6.25. The zero-order valence-electron chi connectivity index (χ0n) is 11.5. The highest BCUT2D eigenvalue weighted by Gasteiger charge is 2.13. The molecule has 0 aliphatic rings. The number of nitro groups is 1. The van der Waals surface area contributed by atoms with Gasteiger partial charge in [0.1, 0.15) is 5.69 Å². The minimum atomic E-state index is -0.384. The zero-order chi connectivity index (χ0) is 14.5. The van der Waals surface area contributed by atoms with Crippen LogP contribution in [0.5, 0.6) is 0 Å². The zero-order valence-corrected chi connectivity index (χ0v) is 11.5. The molecule has 20 heavy (non-hydrogen) atoms. The fourth-order valence-corrected chi connectivity index (χ4v) is 2.10. The van der Waals surface area contributed by atoms with Gasteiger partial charge in [-0.25, -0.2) is 0 Å². The van der Waals surface area contributed by atoms with Crippen LogP contribution in [-0.2, 0) is 13.1 Å². The molecule has 6 nitrogen and oxygen atoms in total. The van der Waals surface area contributed by atoms with E-state index in [9.17, 15) is 10.1 Å². The van der Waals surface area contributed by atoms with Crippen molar-refractivity contribution >= 4 is 11.4 Å². The number of anilines is 1. The van der Waals surface area contributed by atoms with E-state index in [0.29, 0.717) is 12.2 Å². The van der Waals surface area contributed by atoms with Crippen molar-refractivity contribution in [2.45, 2.75) is 13.1 Å². The summed E-state index contributed by atoms with van der Waals surface area (Å²) in [6.07, 6.45) is 3.36. The Morgan fingerprint density at radius 2 is 2.05 bits per heavy atom. The molecule has 0 bridgehead atoms. The molecule has 0 amide bonds. The van der Waals surface area contributed by atoms with Crippen molar-refractivity contribution in [3.63, 3.8) is 0 Å². The van der Waals surface area contributed by atoms with Crippen LogP contribution in [0.25, 0.3) is 0 Å². The van der Waals surface area contributed by atoms with E-state index in [0.717, 1.165) is 17.7 Å². The molecule has 0 aliphatic carbocycles. The van der Waals surface area contributed by atoms with E-state index in [1.165, 1.54) is 6.07 Å². The van der Waals surface area contributed by atoms with Gasteiger partial charge in [0.15, 0.2) is 0 Å². The van der Waals surface area contributed by atoms with Gasteiger partial charge in [-0.3, -0.25) is 15.0 Å². The molecule has 6 heteroatoms. The van der Waals surface area contributed by atoms with Crippen molar-refractivity contribution in [1.29, 1.82) is 0 Å². The Hall–Kier alpha value is -2.34. The van der Waals surface area contributed by atoms with Gasteiger partial charge in [-0.15, -0.1) is 0 Å². The first-order chi connectivity index (χ1) is 9.60. The number of furan rings is 1. The van der Waals surface area contributed by atoms with Crippen LogP contribution < -0.4 is 5.32 Å². The van der Waals surface area contributed by atoms with Crippen LogP contribution in [0.4, 0.5) is 11.4 Å². The minimum Gasteiger partial charge on any atom is -0.472 e. The van der Waals surface area contributed by atoms with Gasteiger partial charge in [-0.2, -0.15) is 0 Å². The van der Waals surface area contributed by atoms with E-state index in [4.69, 9.17) is 4.42 Å². The molecule has 1 aromatic carbocycles. The Labute approximate surface area is 117 Å². The first kappa shape index (κ1) is 14.1. The Morgan fingerprint density at radius 1 is 1.30 bits per heavy atom. The Bertz CT molecular complexity index is 581. The SMILES string of the molecule is CNc1cc(CN(C)Cc2ccoc2)ccc1[N+](=O)[O-]. The average Bonchev–Trinajstić information content (AvgIpc) is 2.90. The highest BCUT2D eigenvalue weighted by atomic mass is 16.6. The molecule has 2 aromatic rings. The lowest BCUT2D eigenvalue weighted by Gasteiger charge is -2.16. The van der Waals surface area contributed by atoms with Crippen LogP contribution in [0.15, 0.2) is 41.2 Å². The minimum absolute atomic E-state index is 0.0914. The van der Waals surface area contributed by atoms with Gasteiger partial charge < -0.3 is 9.73 Å². The lowest BCUT2D eigenvalue weighted by molar-refractivity contribution is -0.384. The Morgan fingerprint density at radius 3 is 2.65 bits per heavy atom. The van der Waals surface area contributed by atoms with Crippen molar-refractivity contribution < 1.29 is 9.34 Å². The topological polar surface area (TPSA) is 71.5 Å². The molecule has 0 saturated carbocycles. The lowest BCUT2D eigenvalue weighted by atomic mass is 10.1. The molecule has 2 rings (SSSR count). The van der Waals surface area contributed by atoms with Gasteiger partial charge in [-0.1, -0.05) is 6.07 Å². The predicted octanol–water partition coefficient (Wildman–Crippen LogP) is 2.86. The second-order valence-corrected chi connectivity index (χ2v) is 4.66. The summed E-state index contributed by atoms with van der Waals surface area (Å²) < 4.78 is 5.03. The fraction of sp³-hybridized carbons (Fsp3) is 0.286. The van der Waals surface area contributed by atoms with Gasteiger partial charge >= 0.3 is 0 Å². The standard InChI is InChI=1S/C14H17N3O3/c1-15-13-7-11(3-4-14(13)17(18)19)8-16(2)9-12-5-6-20-10-12/h3-7,10,15H,8-9H2,1-2H3. The molecular formula is C14H17N3O3. The number of nitro benzene ring substituents is 1. The second kappa shape index (κ2) is 6.21. The van der Waals surface area contributed by atoms with E-state index in [-0.39, 0.29) is 10.6 Å². The maximum Gasteiger partial charge on any atom is 0.292 e. The molecule has 0 saturated heterocycles. The molecule has 0 atom stereocenters. The third-order valence-electron chi connectivity index (χ3n) is 3.01. The van der Waals surface area contributed by atoms with Crippen LogP contribution in [0, 0.1) is 10.1 Å². The number of nitrogens with zero attached hydrogens (tertiary/aromatic N) is 2. The molecule has 0 fully saturated rings. The number of hydrogen-bond acceptors (Lipinski definition) is 5. The second-order valence-electron chi connectivity index (χ2n) is 4.66. The molecule has 0 unspecified atom stereocenters. The molecule has 1 N–H and O–H groups in total. The van der Waals surface area contributed by atoms with Gasteiger partial charge in [0.2, 0.25) is 0 Å². The molecule has 0 radical (unpaired) electrons. The number of rotatable bonds is 6. The van der Waals surface area contributed by atoms with Gasteiger partial charge in [0, 0.05) is 31.8 Å². The first-order valence-electron chi connectivity index (χ1n) is 6.25. The van der Waals surface area contributed by atoms with Gasteiger partial charge in [-0.05, 0) is 24.7 Å². The summed E-state index contributed by atoms with van der Waals surface area (Å²) in [6, 6.07) is 7.05. The number of nitrogens with one attached hydrogen (secondary N) is 1. The summed E-state index contributed by atoms with van der Waals surface area (Å²) in [4.78, 5) is 12.6. The normalized spacial score (nSPS) is 10.8. The van der Waals surface area contributed by atoms with Crippen LogP contribution in [0.3, 0.4) is 0 Å². The van der Waals surface area contributed by atoms with Crippen LogP contribution >= 0.6 is 0 Å². The van der Waals surface area contributed by atoms with Crippen molar-refractivity contribution in [2.24, 2.45) is 0 Å². The summed E-state index contributed by atoms with van der Waals surface area (Å²) >= 11 is 0. The predicted molar refractivity (Wildman–Crippen MR) is 76.5 cm³/mol. The van der Waals surface area contributed by atoms with Gasteiger partial charge in [0.05, 0.1) is 17.4 Å². The third kappa shape index (κ3) is 3.36. The van der Waals surface area contributed by atoms with Crippen LogP contribution in [-0.4, -0.2) is 23.9 Å². The summed E-state index contributed by atoms with van der Waals surface area (Å²) in [5, 5.41) is 13.7. The van der Waals surface area contributed by atoms with E-state index in [1.54, 1.807) is 25.6 Å². The molecule has 1 aromatic heterocycles. The highest BCUT2D eigenvalue weighted by Crippen LogP contribution is 2.25. The largest absolute Gasteiger partial charge is 0.472 e. The smallest absolute Gasteiger partial charge is 0.292 e. The van der Waals surface area contributed by atoms with Crippen molar-refractivity contribution in [3.05, 3.63) is 58.0 Å². The molecule has 106 valence electrons. The Kier molecular flexibility index (Phi) is 4.37. The fourth-order valence-electron chi connectivity index (χ4n) is 2.10. The summed E-state index contributed by atoms with van der Waals surface area (Å²) in [7, 11) is 3.68. The molecule has 0 aliphatic heterocycles. The summed E-state index contributed by atoms with van der Waals surface area (Å²) in [5.74, 6) is 0. The molecular weight excluding hydrogens is 258 g/mol. The number of hydrogen-bond donors (Lipinski definition) is 1. The van der Waals surface area contributed by atoms with Crippen molar-refractivity contribution in [2.75, 3.05) is 19.4 Å². The molecule has 0 spiro atoms.